The number of aliphatic hydroxyl groups is 1. The van der Waals surface area contributed by atoms with E-state index in [2.05, 4.69) is 4.98 Å². The Morgan fingerprint density at radius 2 is 2.42 bits per heavy atom. The molecule has 1 unspecified atom stereocenters. The summed E-state index contributed by atoms with van der Waals surface area (Å²) in [5.41, 5.74) is 0.274. The number of aliphatic hydroxyl groups excluding tert-OH is 1. The molecule has 0 spiro atoms. The number of rotatable bonds is 4. The van der Waals surface area contributed by atoms with Crippen LogP contribution in [-0.4, -0.2) is 41.7 Å². The van der Waals surface area contributed by atoms with E-state index < -0.39 is 5.97 Å². The SMILES string of the molecule is CCOC(=O)c1cccnc1N1CC(CO)CC1=O. The van der Waals surface area contributed by atoms with Crippen molar-refractivity contribution in [2.45, 2.75) is 13.3 Å². The van der Waals surface area contributed by atoms with Crippen LogP contribution in [0.5, 0.6) is 0 Å². The molecule has 1 aliphatic heterocycles. The number of esters is 1. The fourth-order valence-electron chi connectivity index (χ4n) is 2.09. The van der Waals surface area contributed by atoms with Crippen molar-refractivity contribution in [3.8, 4) is 0 Å². The van der Waals surface area contributed by atoms with E-state index in [4.69, 9.17) is 9.84 Å². The first kappa shape index (κ1) is 13.5. The normalized spacial score (nSPS) is 18.7. The van der Waals surface area contributed by atoms with Crippen molar-refractivity contribution in [3.05, 3.63) is 23.9 Å². The van der Waals surface area contributed by atoms with E-state index in [1.807, 2.05) is 0 Å². The van der Waals surface area contributed by atoms with Crippen LogP contribution in [0.4, 0.5) is 5.82 Å². The molecule has 6 heteroatoms. The molecule has 6 nitrogen and oxygen atoms in total. The summed E-state index contributed by atoms with van der Waals surface area (Å²) in [6.45, 7) is 2.31. The first-order chi connectivity index (χ1) is 9.17. The maximum absolute atomic E-state index is 11.9. The Balaban J connectivity index is 2.30. The van der Waals surface area contributed by atoms with Crippen LogP contribution in [0, 0.1) is 5.92 Å². The van der Waals surface area contributed by atoms with Crippen molar-refractivity contribution in [1.29, 1.82) is 0 Å². The second kappa shape index (κ2) is 5.79. The molecule has 1 aromatic rings. The molecular weight excluding hydrogens is 248 g/mol. The van der Waals surface area contributed by atoms with Gasteiger partial charge in [-0.3, -0.25) is 9.69 Å². The van der Waals surface area contributed by atoms with Gasteiger partial charge in [0.15, 0.2) is 0 Å². The van der Waals surface area contributed by atoms with Crippen LogP contribution in [0.1, 0.15) is 23.7 Å². The summed E-state index contributed by atoms with van der Waals surface area (Å²) in [7, 11) is 0. The average molecular weight is 264 g/mol. The monoisotopic (exact) mass is 264 g/mol. The number of carbonyl (C=O) groups is 2. The lowest BCUT2D eigenvalue weighted by Crippen LogP contribution is -2.28. The Kier molecular flexibility index (Phi) is 4.11. The molecule has 102 valence electrons. The molecule has 0 aromatic carbocycles. The summed E-state index contributed by atoms with van der Waals surface area (Å²) in [5, 5.41) is 9.12. The number of pyridine rings is 1. The van der Waals surface area contributed by atoms with Crippen molar-refractivity contribution in [1.82, 2.24) is 4.98 Å². The summed E-state index contributed by atoms with van der Waals surface area (Å²) in [4.78, 5) is 29.3. The zero-order chi connectivity index (χ0) is 13.8. The van der Waals surface area contributed by atoms with Crippen molar-refractivity contribution < 1.29 is 19.4 Å². The first-order valence-corrected chi connectivity index (χ1v) is 6.20. The Morgan fingerprint density at radius 1 is 1.63 bits per heavy atom. The van der Waals surface area contributed by atoms with Gasteiger partial charge < -0.3 is 9.84 Å². The predicted molar refractivity (Wildman–Crippen MR) is 67.7 cm³/mol. The topological polar surface area (TPSA) is 79.7 Å². The number of aromatic nitrogens is 1. The van der Waals surface area contributed by atoms with Gasteiger partial charge in [-0.15, -0.1) is 0 Å². The highest BCUT2D eigenvalue weighted by atomic mass is 16.5. The quantitative estimate of drug-likeness (QED) is 0.806. The Hall–Kier alpha value is -1.95. The number of hydrogen-bond donors (Lipinski definition) is 1. The number of hydrogen-bond acceptors (Lipinski definition) is 5. The average Bonchev–Trinajstić information content (AvgIpc) is 2.80. The highest BCUT2D eigenvalue weighted by Crippen LogP contribution is 2.26. The van der Waals surface area contributed by atoms with Crippen molar-refractivity contribution in [3.63, 3.8) is 0 Å². The van der Waals surface area contributed by atoms with Gasteiger partial charge in [-0.2, -0.15) is 0 Å². The molecule has 19 heavy (non-hydrogen) atoms. The summed E-state index contributed by atoms with van der Waals surface area (Å²) in [6, 6.07) is 3.21. The summed E-state index contributed by atoms with van der Waals surface area (Å²) < 4.78 is 4.95. The van der Waals surface area contributed by atoms with E-state index in [-0.39, 0.29) is 37.0 Å². The van der Waals surface area contributed by atoms with Gasteiger partial charge in [0.25, 0.3) is 0 Å². The largest absolute Gasteiger partial charge is 0.462 e. The van der Waals surface area contributed by atoms with Gasteiger partial charge in [-0.1, -0.05) is 0 Å². The lowest BCUT2D eigenvalue weighted by Gasteiger charge is -2.17. The minimum Gasteiger partial charge on any atom is -0.462 e. The smallest absolute Gasteiger partial charge is 0.341 e. The van der Waals surface area contributed by atoms with Crippen LogP contribution >= 0.6 is 0 Å². The van der Waals surface area contributed by atoms with E-state index in [1.165, 1.54) is 11.1 Å². The lowest BCUT2D eigenvalue weighted by molar-refractivity contribution is -0.117. The number of anilines is 1. The van der Waals surface area contributed by atoms with Crippen molar-refractivity contribution >= 4 is 17.7 Å². The van der Waals surface area contributed by atoms with E-state index in [0.717, 1.165) is 0 Å². The predicted octanol–water partition coefficient (Wildman–Crippen LogP) is 0.603. The molecule has 1 aromatic heterocycles. The van der Waals surface area contributed by atoms with Crippen LogP contribution in [0.25, 0.3) is 0 Å². The van der Waals surface area contributed by atoms with E-state index >= 15 is 0 Å². The Morgan fingerprint density at radius 3 is 3.05 bits per heavy atom. The summed E-state index contributed by atoms with van der Waals surface area (Å²) >= 11 is 0. The fourth-order valence-corrected chi connectivity index (χ4v) is 2.09. The van der Waals surface area contributed by atoms with Gasteiger partial charge in [-0.05, 0) is 19.1 Å². The van der Waals surface area contributed by atoms with Crippen LogP contribution in [0.2, 0.25) is 0 Å². The summed E-state index contributed by atoms with van der Waals surface area (Å²) in [6.07, 6.45) is 1.80. The first-order valence-electron chi connectivity index (χ1n) is 6.20. The third kappa shape index (κ3) is 2.73. The standard InChI is InChI=1S/C13H16N2O4/c1-2-19-13(18)10-4-3-5-14-12(10)15-7-9(8-16)6-11(15)17/h3-5,9,16H,2,6-8H2,1H3. The van der Waals surface area contributed by atoms with Crippen LogP contribution < -0.4 is 4.90 Å². The number of amides is 1. The molecule has 1 amide bonds. The number of nitrogens with zero attached hydrogens (tertiary/aromatic N) is 2. The molecule has 0 saturated carbocycles. The molecule has 1 N–H and O–H groups in total. The van der Waals surface area contributed by atoms with E-state index in [0.29, 0.717) is 12.4 Å². The van der Waals surface area contributed by atoms with Crippen LogP contribution in [-0.2, 0) is 9.53 Å². The highest BCUT2D eigenvalue weighted by Gasteiger charge is 2.33. The van der Waals surface area contributed by atoms with Gasteiger partial charge in [-0.25, -0.2) is 9.78 Å². The van der Waals surface area contributed by atoms with E-state index in [1.54, 1.807) is 19.1 Å². The lowest BCUT2D eigenvalue weighted by atomic mass is 10.1. The molecule has 1 atom stereocenters. The third-order valence-electron chi connectivity index (χ3n) is 3.00. The van der Waals surface area contributed by atoms with Crippen LogP contribution in [0.15, 0.2) is 18.3 Å². The Bertz CT molecular complexity index is 489. The third-order valence-corrected chi connectivity index (χ3v) is 3.00. The second-order valence-corrected chi connectivity index (χ2v) is 4.35. The van der Waals surface area contributed by atoms with Gasteiger partial charge in [0.05, 0.1) is 6.61 Å². The van der Waals surface area contributed by atoms with Crippen LogP contribution in [0.3, 0.4) is 0 Å². The maximum atomic E-state index is 11.9. The van der Waals surface area contributed by atoms with Crippen molar-refractivity contribution in [2.24, 2.45) is 5.92 Å². The Labute approximate surface area is 111 Å². The molecule has 2 rings (SSSR count). The highest BCUT2D eigenvalue weighted by molar-refractivity contribution is 6.02. The zero-order valence-electron chi connectivity index (χ0n) is 10.7. The van der Waals surface area contributed by atoms with E-state index in [9.17, 15) is 9.59 Å². The molecular formula is C13H16N2O4. The number of carbonyl (C=O) groups excluding carboxylic acids is 2. The molecule has 1 fully saturated rings. The summed E-state index contributed by atoms with van der Waals surface area (Å²) in [5.74, 6) is -0.430. The van der Waals surface area contributed by atoms with Gasteiger partial charge in [0, 0.05) is 31.7 Å². The maximum Gasteiger partial charge on any atom is 0.341 e. The van der Waals surface area contributed by atoms with Crippen molar-refractivity contribution in [2.75, 3.05) is 24.7 Å². The van der Waals surface area contributed by atoms with Gasteiger partial charge in [0.1, 0.15) is 11.4 Å². The zero-order valence-corrected chi connectivity index (χ0v) is 10.7. The molecule has 1 aliphatic rings. The molecule has 1 saturated heterocycles. The fraction of sp³-hybridized carbons (Fsp3) is 0.462. The minimum absolute atomic E-state index is 0.0518. The number of ether oxygens (including phenoxy) is 1. The van der Waals surface area contributed by atoms with Gasteiger partial charge in [0.2, 0.25) is 5.91 Å². The molecule has 0 aliphatic carbocycles. The second-order valence-electron chi connectivity index (χ2n) is 4.35. The molecule has 2 heterocycles. The van der Waals surface area contributed by atoms with Gasteiger partial charge >= 0.3 is 5.97 Å². The minimum atomic E-state index is -0.495. The molecule has 0 radical (unpaired) electrons. The molecule has 0 bridgehead atoms.